The molecule has 0 atom stereocenters. The molecule has 2 rings (SSSR count). The normalized spacial score (nSPS) is 10.7. The summed E-state index contributed by atoms with van der Waals surface area (Å²) >= 11 is 1.74. The third-order valence-corrected chi connectivity index (χ3v) is 3.37. The van der Waals surface area contributed by atoms with E-state index >= 15 is 0 Å². The van der Waals surface area contributed by atoms with Gasteiger partial charge in [-0.2, -0.15) is 0 Å². The van der Waals surface area contributed by atoms with Gasteiger partial charge >= 0.3 is 0 Å². The number of H-pyrrole nitrogens is 1. The van der Waals surface area contributed by atoms with Crippen LogP contribution in [0.2, 0.25) is 0 Å². The van der Waals surface area contributed by atoms with E-state index < -0.39 is 0 Å². The van der Waals surface area contributed by atoms with Crippen molar-refractivity contribution in [3.8, 4) is 5.75 Å². The second-order valence-corrected chi connectivity index (χ2v) is 5.39. The molecule has 0 saturated heterocycles. The molecule has 0 aliphatic carbocycles. The summed E-state index contributed by atoms with van der Waals surface area (Å²) in [5.74, 6) is 1.92. The molecule has 4 nitrogen and oxygen atoms in total. The van der Waals surface area contributed by atoms with Crippen LogP contribution in [0.5, 0.6) is 5.75 Å². The number of halogens is 1. The van der Waals surface area contributed by atoms with Crippen LogP contribution in [0.25, 0.3) is 11.0 Å². The lowest BCUT2D eigenvalue weighted by molar-refractivity contribution is 0.340. The lowest BCUT2D eigenvalue weighted by Crippen LogP contribution is -2.14. The molecule has 1 aromatic heterocycles. The molecule has 106 valence electrons. The molecule has 1 heterocycles. The maximum atomic E-state index is 5.47. The third-order valence-electron chi connectivity index (χ3n) is 2.52. The van der Waals surface area contributed by atoms with E-state index in [1.54, 1.807) is 11.8 Å². The summed E-state index contributed by atoms with van der Waals surface area (Å²) in [6.07, 6.45) is 0. The first-order valence-corrected chi connectivity index (χ1v) is 7.07. The Labute approximate surface area is 124 Å². The maximum absolute atomic E-state index is 5.47. The van der Waals surface area contributed by atoms with Crippen molar-refractivity contribution in [2.75, 3.05) is 33.0 Å². The van der Waals surface area contributed by atoms with Gasteiger partial charge in [0.25, 0.3) is 0 Å². The predicted molar refractivity (Wildman–Crippen MR) is 83.8 cm³/mol. The minimum Gasteiger partial charge on any atom is -0.494 e. The first-order valence-electron chi connectivity index (χ1n) is 6.09. The SMILES string of the molecule is CCOc1ccc2nc(SCCN(C)C)[nH]c2c1.Cl. The maximum Gasteiger partial charge on any atom is 0.166 e. The highest BCUT2D eigenvalue weighted by molar-refractivity contribution is 7.99. The zero-order valence-electron chi connectivity index (χ0n) is 11.5. The van der Waals surface area contributed by atoms with Gasteiger partial charge in [-0.05, 0) is 33.2 Å². The van der Waals surface area contributed by atoms with Crippen LogP contribution in [-0.2, 0) is 0 Å². The molecule has 0 amide bonds. The third kappa shape index (κ3) is 4.60. The van der Waals surface area contributed by atoms with Crippen molar-refractivity contribution in [3.05, 3.63) is 18.2 Å². The smallest absolute Gasteiger partial charge is 0.166 e. The number of nitrogens with zero attached hydrogens (tertiary/aromatic N) is 2. The number of thioether (sulfide) groups is 1. The van der Waals surface area contributed by atoms with Gasteiger partial charge in [0.1, 0.15) is 5.75 Å². The molecule has 6 heteroatoms. The highest BCUT2D eigenvalue weighted by Crippen LogP contribution is 2.23. The number of aromatic amines is 1. The molecule has 0 radical (unpaired) electrons. The number of ether oxygens (including phenoxy) is 1. The van der Waals surface area contributed by atoms with Crippen LogP contribution in [-0.4, -0.2) is 47.9 Å². The van der Waals surface area contributed by atoms with Gasteiger partial charge < -0.3 is 14.6 Å². The minimum absolute atomic E-state index is 0. The summed E-state index contributed by atoms with van der Waals surface area (Å²) in [6, 6.07) is 5.95. The minimum atomic E-state index is 0. The van der Waals surface area contributed by atoms with Crippen molar-refractivity contribution in [2.24, 2.45) is 0 Å². The van der Waals surface area contributed by atoms with Gasteiger partial charge in [0.05, 0.1) is 17.6 Å². The van der Waals surface area contributed by atoms with Gasteiger partial charge in [0.2, 0.25) is 0 Å². The molecule has 0 bridgehead atoms. The summed E-state index contributed by atoms with van der Waals surface area (Å²) < 4.78 is 5.47. The number of aromatic nitrogens is 2. The Morgan fingerprint density at radius 1 is 1.37 bits per heavy atom. The van der Waals surface area contributed by atoms with Gasteiger partial charge in [-0.3, -0.25) is 0 Å². The highest BCUT2D eigenvalue weighted by atomic mass is 35.5. The van der Waals surface area contributed by atoms with Gasteiger partial charge in [-0.1, -0.05) is 11.8 Å². The quantitative estimate of drug-likeness (QED) is 0.833. The fraction of sp³-hybridized carbons (Fsp3) is 0.462. The van der Waals surface area contributed by atoms with Gasteiger partial charge in [-0.15, -0.1) is 12.4 Å². The molecule has 0 aliphatic rings. The number of nitrogens with one attached hydrogen (secondary N) is 1. The lowest BCUT2D eigenvalue weighted by Gasteiger charge is -2.06. The zero-order valence-corrected chi connectivity index (χ0v) is 13.1. The number of fused-ring (bicyclic) bond motifs is 1. The molecule has 0 saturated carbocycles. The average molecular weight is 302 g/mol. The molecular weight excluding hydrogens is 282 g/mol. The summed E-state index contributed by atoms with van der Waals surface area (Å²) in [5, 5.41) is 0.973. The number of benzene rings is 1. The van der Waals surface area contributed by atoms with E-state index in [-0.39, 0.29) is 12.4 Å². The molecule has 1 N–H and O–H groups in total. The summed E-state index contributed by atoms with van der Waals surface area (Å²) in [4.78, 5) is 10.0. The van der Waals surface area contributed by atoms with E-state index in [2.05, 4.69) is 29.0 Å². The van der Waals surface area contributed by atoms with E-state index in [9.17, 15) is 0 Å². The van der Waals surface area contributed by atoms with Crippen LogP contribution in [0, 0.1) is 0 Å². The molecule has 0 fully saturated rings. The van der Waals surface area contributed by atoms with Gasteiger partial charge in [0.15, 0.2) is 5.16 Å². The molecular formula is C13H20ClN3OS. The lowest BCUT2D eigenvalue weighted by atomic mass is 10.3. The van der Waals surface area contributed by atoms with E-state index in [0.717, 1.165) is 34.2 Å². The number of rotatable bonds is 6. The van der Waals surface area contributed by atoms with Crippen LogP contribution >= 0.6 is 24.2 Å². The van der Waals surface area contributed by atoms with Crippen molar-refractivity contribution in [3.63, 3.8) is 0 Å². The standard InChI is InChI=1S/C13H19N3OS.ClH/c1-4-17-10-5-6-11-12(9-10)15-13(14-11)18-8-7-16(2)3;/h5-6,9H,4,7-8H2,1-3H3,(H,14,15);1H. The van der Waals surface area contributed by atoms with Gasteiger partial charge in [0, 0.05) is 18.4 Å². The van der Waals surface area contributed by atoms with Crippen molar-refractivity contribution in [1.29, 1.82) is 0 Å². The molecule has 2 aromatic rings. The van der Waals surface area contributed by atoms with Gasteiger partial charge in [-0.25, -0.2) is 4.98 Å². The topological polar surface area (TPSA) is 41.1 Å². The summed E-state index contributed by atoms with van der Waals surface area (Å²) in [6.45, 7) is 3.72. The van der Waals surface area contributed by atoms with E-state index in [1.807, 2.05) is 25.1 Å². The first kappa shape index (κ1) is 16.1. The van der Waals surface area contributed by atoms with E-state index in [4.69, 9.17) is 4.74 Å². The number of hydrogen-bond donors (Lipinski definition) is 1. The fourth-order valence-electron chi connectivity index (χ4n) is 1.62. The number of imidazole rings is 1. The Hall–Kier alpha value is -0.910. The second kappa shape index (κ2) is 7.62. The monoisotopic (exact) mass is 301 g/mol. The van der Waals surface area contributed by atoms with Crippen LogP contribution in [0.4, 0.5) is 0 Å². The average Bonchev–Trinajstić information content (AvgIpc) is 2.71. The Bertz CT molecular complexity index is 516. The Morgan fingerprint density at radius 3 is 2.84 bits per heavy atom. The fourth-order valence-corrected chi connectivity index (χ4v) is 2.61. The summed E-state index contributed by atoms with van der Waals surface area (Å²) in [7, 11) is 4.15. The Balaban J connectivity index is 0.00000180. The van der Waals surface area contributed by atoms with Crippen molar-refractivity contribution in [1.82, 2.24) is 14.9 Å². The molecule has 0 unspecified atom stereocenters. The highest BCUT2D eigenvalue weighted by Gasteiger charge is 2.04. The van der Waals surface area contributed by atoms with E-state index in [0.29, 0.717) is 6.61 Å². The molecule has 0 aliphatic heterocycles. The summed E-state index contributed by atoms with van der Waals surface area (Å²) in [5.41, 5.74) is 2.03. The second-order valence-electron chi connectivity index (χ2n) is 4.31. The molecule has 0 spiro atoms. The van der Waals surface area contributed by atoms with Crippen molar-refractivity contribution >= 4 is 35.2 Å². The van der Waals surface area contributed by atoms with Crippen LogP contribution < -0.4 is 4.74 Å². The van der Waals surface area contributed by atoms with E-state index in [1.165, 1.54) is 0 Å². The first-order chi connectivity index (χ1) is 8.69. The van der Waals surface area contributed by atoms with Crippen LogP contribution in [0.3, 0.4) is 0 Å². The predicted octanol–water partition coefficient (Wildman–Crippen LogP) is 3.04. The zero-order chi connectivity index (χ0) is 13.0. The van der Waals surface area contributed by atoms with Crippen LogP contribution in [0.15, 0.2) is 23.4 Å². The van der Waals surface area contributed by atoms with Crippen LogP contribution in [0.1, 0.15) is 6.92 Å². The van der Waals surface area contributed by atoms with Crippen molar-refractivity contribution in [2.45, 2.75) is 12.1 Å². The largest absolute Gasteiger partial charge is 0.494 e. The molecule has 1 aromatic carbocycles. The Kier molecular flexibility index (Phi) is 6.48. The number of hydrogen-bond acceptors (Lipinski definition) is 4. The van der Waals surface area contributed by atoms with Crippen molar-refractivity contribution < 1.29 is 4.74 Å². The Morgan fingerprint density at radius 2 is 2.16 bits per heavy atom. The molecule has 19 heavy (non-hydrogen) atoms.